The Hall–Kier alpha value is -1.22. The van der Waals surface area contributed by atoms with Crippen LogP contribution in [-0.4, -0.2) is 24.4 Å². The third-order valence-electron chi connectivity index (χ3n) is 3.71. The molecule has 2 unspecified atom stereocenters. The number of benzene rings is 1. The molecule has 1 N–H and O–H groups in total. The molecule has 0 amide bonds. The molecule has 2 rings (SSSR count). The van der Waals surface area contributed by atoms with Crippen LogP contribution in [0.2, 0.25) is 0 Å². The highest BCUT2D eigenvalue weighted by Gasteiger charge is 2.49. The van der Waals surface area contributed by atoms with E-state index in [1.54, 1.807) is 7.11 Å². The van der Waals surface area contributed by atoms with Gasteiger partial charge in [-0.2, -0.15) is 0 Å². The average Bonchev–Trinajstić information content (AvgIpc) is 2.30. The molecule has 1 aromatic rings. The molecule has 3 nitrogen and oxygen atoms in total. The van der Waals surface area contributed by atoms with E-state index in [4.69, 9.17) is 9.47 Å². The number of methoxy groups -OCH3 is 1. The molecular formula is C14H20O3. The molecule has 1 saturated carbocycles. The van der Waals surface area contributed by atoms with Crippen molar-refractivity contribution in [3.63, 3.8) is 0 Å². The SMILES string of the molecule is COc1cc(C)ccc1OC1CC(O)C1(C)C. The van der Waals surface area contributed by atoms with Crippen LogP contribution in [0.1, 0.15) is 25.8 Å². The molecule has 94 valence electrons. The van der Waals surface area contributed by atoms with Gasteiger partial charge in [0.05, 0.1) is 13.2 Å². The van der Waals surface area contributed by atoms with Crippen LogP contribution in [0.4, 0.5) is 0 Å². The first kappa shape index (κ1) is 12.2. The van der Waals surface area contributed by atoms with Gasteiger partial charge in [0.1, 0.15) is 6.10 Å². The van der Waals surface area contributed by atoms with Gasteiger partial charge in [-0.05, 0) is 24.6 Å². The fourth-order valence-electron chi connectivity index (χ4n) is 2.09. The number of hydrogen-bond acceptors (Lipinski definition) is 3. The Kier molecular flexibility index (Phi) is 3.04. The van der Waals surface area contributed by atoms with Gasteiger partial charge in [-0.1, -0.05) is 19.9 Å². The summed E-state index contributed by atoms with van der Waals surface area (Å²) in [7, 11) is 1.64. The number of hydrogen-bond donors (Lipinski definition) is 1. The van der Waals surface area contributed by atoms with Crippen LogP contribution < -0.4 is 9.47 Å². The number of aliphatic hydroxyl groups is 1. The van der Waals surface area contributed by atoms with Crippen LogP contribution >= 0.6 is 0 Å². The van der Waals surface area contributed by atoms with Gasteiger partial charge in [0, 0.05) is 11.8 Å². The van der Waals surface area contributed by atoms with Gasteiger partial charge in [-0.25, -0.2) is 0 Å². The minimum Gasteiger partial charge on any atom is -0.493 e. The molecule has 0 saturated heterocycles. The molecule has 1 aromatic carbocycles. The molecule has 0 heterocycles. The lowest BCUT2D eigenvalue weighted by Gasteiger charge is -2.48. The van der Waals surface area contributed by atoms with Crippen molar-refractivity contribution in [2.45, 2.75) is 39.4 Å². The molecule has 1 aliphatic carbocycles. The third-order valence-corrected chi connectivity index (χ3v) is 3.71. The summed E-state index contributed by atoms with van der Waals surface area (Å²) in [5, 5.41) is 9.68. The second kappa shape index (κ2) is 4.22. The van der Waals surface area contributed by atoms with E-state index in [2.05, 4.69) is 0 Å². The Morgan fingerprint density at radius 2 is 2.00 bits per heavy atom. The summed E-state index contributed by atoms with van der Waals surface area (Å²) in [6.45, 7) is 6.06. The zero-order chi connectivity index (χ0) is 12.6. The highest BCUT2D eigenvalue weighted by Crippen LogP contribution is 2.44. The van der Waals surface area contributed by atoms with Crippen LogP contribution in [0.15, 0.2) is 18.2 Å². The zero-order valence-electron chi connectivity index (χ0n) is 10.9. The third kappa shape index (κ3) is 2.12. The Bertz CT molecular complexity index is 412. The van der Waals surface area contributed by atoms with Gasteiger partial charge < -0.3 is 14.6 Å². The summed E-state index contributed by atoms with van der Waals surface area (Å²) >= 11 is 0. The van der Waals surface area contributed by atoms with E-state index in [-0.39, 0.29) is 17.6 Å². The Morgan fingerprint density at radius 3 is 2.53 bits per heavy atom. The summed E-state index contributed by atoms with van der Waals surface area (Å²) in [5.74, 6) is 1.50. The maximum absolute atomic E-state index is 9.68. The van der Waals surface area contributed by atoms with Gasteiger partial charge in [0.25, 0.3) is 0 Å². The van der Waals surface area contributed by atoms with E-state index in [9.17, 15) is 5.11 Å². The predicted molar refractivity (Wildman–Crippen MR) is 66.6 cm³/mol. The first-order valence-electron chi connectivity index (χ1n) is 5.94. The fourth-order valence-corrected chi connectivity index (χ4v) is 2.09. The molecule has 0 bridgehead atoms. The molecule has 1 aliphatic rings. The van der Waals surface area contributed by atoms with Crippen molar-refractivity contribution >= 4 is 0 Å². The Morgan fingerprint density at radius 1 is 1.29 bits per heavy atom. The highest BCUT2D eigenvalue weighted by atomic mass is 16.5. The largest absolute Gasteiger partial charge is 0.493 e. The smallest absolute Gasteiger partial charge is 0.161 e. The zero-order valence-corrected chi connectivity index (χ0v) is 10.9. The minimum atomic E-state index is -0.274. The Labute approximate surface area is 102 Å². The van der Waals surface area contributed by atoms with E-state index in [1.807, 2.05) is 39.0 Å². The maximum Gasteiger partial charge on any atom is 0.161 e. The number of ether oxygens (including phenoxy) is 2. The van der Waals surface area contributed by atoms with Crippen LogP contribution in [0.3, 0.4) is 0 Å². The second-order valence-electron chi connectivity index (χ2n) is 5.33. The molecule has 0 aromatic heterocycles. The topological polar surface area (TPSA) is 38.7 Å². The normalized spacial score (nSPS) is 26.2. The minimum absolute atomic E-state index is 0.0501. The van der Waals surface area contributed by atoms with Gasteiger partial charge in [0.2, 0.25) is 0 Å². The van der Waals surface area contributed by atoms with Gasteiger partial charge >= 0.3 is 0 Å². The van der Waals surface area contributed by atoms with Crippen molar-refractivity contribution in [3.05, 3.63) is 23.8 Å². The lowest BCUT2D eigenvalue weighted by Crippen LogP contribution is -2.56. The molecular weight excluding hydrogens is 216 g/mol. The van der Waals surface area contributed by atoms with E-state index in [1.165, 1.54) is 0 Å². The van der Waals surface area contributed by atoms with Crippen LogP contribution in [0.25, 0.3) is 0 Å². The molecule has 17 heavy (non-hydrogen) atoms. The highest BCUT2D eigenvalue weighted by molar-refractivity contribution is 5.42. The number of aliphatic hydroxyl groups excluding tert-OH is 1. The molecule has 0 radical (unpaired) electrons. The van der Waals surface area contributed by atoms with E-state index >= 15 is 0 Å². The predicted octanol–water partition coefficient (Wildman–Crippen LogP) is 2.54. The average molecular weight is 236 g/mol. The van der Waals surface area contributed by atoms with Crippen molar-refractivity contribution in [2.75, 3.05) is 7.11 Å². The standard InChI is InChI=1S/C14H20O3/c1-9-5-6-10(11(7-9)16-4)17-13-8-12(15)14(13,2)3/h5-7,12-13,15H,8H2,1-4H3. The summed E-state index contributed by atoms with van der Waals surface area (Å²) < 4.78 is 11.2. The van der Waals surface area contributed by atoms with Crippen molar-refractivity contribution < 1.29 is 14.6 Å². The van der Waals surface area contributed by atoms with Crippen molar-refractivity contribution in [2.24, 2.45) is 5.41 Å². The van der Waals surface area contributed by atoms with Gasteiger partial charge in [-0.15, -0.1) is 0 Å². The number of aryl methyl sites for hydroxylation is 1. The Balaban J connectivity index is 2.15. The summed E-state index contributed by atoms with van der Waals surface area (Å²) in [6, 6.07) is 5.88. The molecule has 0 aliphatic heterocycles. The molecule has 0 spiro atoms. The van der Waals surface area contributed by atoms with Crippen molar-refractivity contribution in [1.29, 1.82) is 0 Å². The lowest BCUT2D eigenvalue weighted by molar-refractivity contribution is -0.135. The summed E-state index contributed by atoms with van der Waals surface area (Å²) in [5.41, 5.74) is 0.956. The molecule has 3 heteroatoms. The second-order valence-corrected chi connectivity index (χ2v) is 5.33. The van der Waals surface area contributed by atoms with Crippen LogP contribution in [0.5, 0.6) is 11.5 Å². The monoisotopic (exact) mass is 236 g/mol. The van der Waals surface area contributed by atoms with E-state index in [0.717, 1.165) is 17.1 Å². The first-order valence-corrected chi connectivity index (χ1v) is 5.94. The lowest BCUT2D eigenvalue weighted by atomic mass is 9.66. The first-order chi connectivity index (χ1) is 7.95. The molecule has 1 fully saturated rings. The van der Waals surface area contributed by atoms with Gasteiger partial charge in [-0.3, -0.25) is 0 Å². The van der Waals surface area contributed by atoms with Gasteiger partial charge in [0.15, 0.2) is 11.5 Å². The van der Waals surface area contributed by atoms with Crippen LogP contribution in [0, 0.1) is 12.3 Å². The number of rotatable bonds is 3. The fraction of sp³-hybridized carbons (Fsp3) is 0.571. The quantitative estimate of drug-likeness (QED) is 0.876. The molecule has 2 atom stereocenters. The van der Waals surface area contributed by atoms with E-state index < -0.39 is 0 Å². The van der Waals surface area contributed by atoms with E-state index in [0.29, 0.717) is 6.42 Å². The maximum atomic E-state index is 9.68. The van der Waals surface area contributed by atoms with Crippen LogP contribution in [-0.2, 0) is 0 Å². The van der Waals surface area contributed by atoms with Crippen molar-refractivity contribution in [3.8, 4) is 11.5 Å². The summed E-state index contributed by atoms with van der Waals surface area (Å²) in [6.07, 6.45) is 0.461. The van der Waals surface area contributed by atoms with Crippen molar-refractivity contribution in [1.82, 2.24) is 0 Å². The summed E-state index contributed by atoms with van der Waals surface area (Å²) in [4.78, 5) is 0.